The first-order chi connectivity index (χ1) is 13.8. The monoisotopic (exact) mass is 398 g/mol. The molecule has 1 aromatic heterocycles. The van der Waals surface area contributed by atoms with Crippen LogP contribution in [0.3, 0.4) is 0 Å². The Hall–Kier alpha value is -2.34. The quantitative estimate of drug-likeness (QED) is 0.408. The standard InChI is InChI=1S/C22H30N4OS/c1-2-23-22(24-13-6-9-18-7-4-3-5-8-18)25-14-10-21(27)26-15-11-20-19(17-26)12-16-28-20/h3-5,7-8,12,16H,2,6,9-11,13-15,17H2,1H3,(H2,23,24,25). The van der Waals surface area contributed by atoms with Crippen molar-refractivity contribution in [3.8, 4) is 0 Å². The zero-order valence-electron chi connectivity index (χ0n) is 16.6. The molecule has 2 N–H and O–H groups in total. The van der Waals surface area contributed by atoms with Gasteiger partial charge < -0.3 is 15.5 Å². The lowest BCUT2D eigenvalue weighted by molar-refractivity contribution is -0.131. The third kappa shape index (κ3) is 6.09. The molecular formula is C22H30N4OS. The molecule has 0 unspecified atom stereocenters. The second kappa shape index (κ2) is 10.9. The Morgan fingerprint density at radius 3 is 2.89 bits per heavy atom. The molecule has 28 heavy (non-hydrogen) atoms. The van der Waals surface area contributed by atoms with Crippen LogP contribution in [0, 0.1) is 0 Å². The van der Waals surface area contributed by atoms with Gasteiger partial charge >= 0.3 is 0 Å². The largest absolute Gasteiger partial charge is 0.357 e. The van der Waals surface area contributed by atoms with Gasteiger partial charge in [0.2, 0.25) is 5.91 Å². The maximum atomic E-state index is 12.5. The number of nitrogens with zero attached hydrogens (tertiary/aromatic N) is 2. The van der Waals surface area contributed by atoms with Crippen molar-refractivity contribution in [3.05, 3.63) is 57.8 Å². The second-order valence-corrected chi connectivity index (χ2v) is 7.96. The minimum Gasteiger partial charge on any atom is -0.357 e. The van der Waals surface area contributed by atoms with Gasteiger partial charge in [-0.05, 0) is 48.8 Å². The number of fused-ring (bicyclic) bond motifs is 1. The van der Waals surface area contributed by atoms with Crippen LogP contribution in [0.15, 0.2) is 46.8 Å². The molecule has 0 atom stereocenters. The molecule has 0 bridgehead atoms. The van der Waals surface area contributed by atoms with Crippen molar-refractivity contribution in [2.24, 2.45) is 4.99 Å². The predicted octanol–water partition coefficient (Wildman–Crippen LogP) is 3.21. The minimum atomic E-state index is 0.212. The molecule has 1 amide bonds. The average Bonchev–Trinajstić information content (AvgIpc) is 3.19. The third-order valence-electron chi connectivity index (χ3n) is 4.87. The molecule has 1 aliphatic rings. The summed E-state index contributed by atoms with van der Waals surface area (Å²) in [6.45, 7) is 5.83. The van der Waals surface area contributed by atoms with E-state index in [-0.39, 0.29) is 5.91 Å². The number of amides is 1. The summed E-state index contributed by atoms with van der Waals surface area (Å²) in [6, 6.07) is 12.6. The Labute approximate surface area is 171 Å². The van der Waals surface area contributed by atoms with Crippen LogP contribution in [0.5, 0.6) is 0 Å². The van der Waals surface area contributed by atoms with Crippen molar-refractivity contribution >= 4 is 23.2 Å². The highest BCUT2D eigenvalue weighted by molar-refractivity contribution is 7.10. The second-order valence-electron chi connectivity index (χ2n) is 6.96. The minimum absolute atomic E-state index is 0.212. The summed E-state index contributed by atoms with van der Waals surface area (Å²) < 4.78 is 0. The fourth-order valence-corrected chi connectivity index (χ4v) is 4.26. The Morgan fingerprint density at radius 1 is 1.21 bits per heavy atom. The molecule has 5 nitrogen and oxygen atoms in total. The summed E-state index contributed by atoms with van der Waals surface area (Å²) in [5, 5.41) is 8.68. The normalized spacial score (nSPS) is 13.9. The van der Waals surface area contributed by atoms with E-state index in [0.717, 1.165) is 51.4 Å². The topological polar surface area (TPSA) is 56.7 Å². The van der Waals surface area contributed by atoms with Crippen LogP contribution in [-0.2, 0) is 24.2 Å². The van der Waals surface area contributed by atoms with Gasteiger partial charge in [-0.25, -0.2) is 0 Å². The number of carbonyl (C=O) groups excluding carboxylic acids is 1. The van der Waals surface area contributed by atoms with Crippen LogP contribution in [0.25, 0.3) is 0 Å². The van der Waals surface area contributed by atoms with Crippen molar-refractivity contribution in [3.63, 3.8) is 0 Å². The zero-order valence-corrected chi connectivity index (χ0v) is 17.4. The molecule has 2 heterocycles. The molecule has 1 aromatic carbocycles. The molecule has 3 rings (SSSR count). The number of thiophene rings is 1. The van der Waals surface area contributed by atoms with E-state index in [9.17, 15) is 4.79 Å². The highest BCUT2D eigenvalue weighted by atomic mass is 32.1. The lowest BCUT2D eigenvalue weighted by Crippen LogP contribution is -2.41. The van der Waals surface area contributed by atoms with Crippen LogP contribution in [-0.4, -0.2) is 42.9 Å². The van der Waals surface area contributed by atoms with E-state index < -0.39 is 0 Å². The first kappa shape index (κ1) is 20.4. The van der Waals surface area contributed by atoms with Crippen LogP contribution < -0.4 is 10.6 Å². The molecule has 150 valence electrons. The fraction of sp³-hybridized carbons (Fsp3) is 0.455. The summed E-state index contributed by atoms with van der Waals surface area (Å²) in [4.78, 5) is 20.5. The van der Waals surface area contributed by atoms with E-state index in [2.05, 4.69) is 58.3 Å². The first-order valence-corrected chi connectivity index (χ1v) is 11.0. The number of guanidine groups is 1. The fourth-order valence-electron chi connectivity index (χ4n) is 3.37. The molecule has 0 aliphatic carbocycles. The number of rotatable bonds is 8. The van der Waals surface area contributed by atoms with Crippen LogP contribution in [0.1, 0.15) is 35.8 Å². The number of hydrogen-bond acceptors (Lipinski definition) is 3. The zero-order chi connectivity index (χ0) is 19.6. The summed E-state index contributed by atoms with van der Waals surface area (Å²) in [5.74, 6) is 1.01. The number of hydrogen-bond donors (Lipinski definition) is 2. The smallest absolute Gasteiger partial charge is 0.224 e. The van der Waals surface area contributed by atoms with Gasteiger partial charge in [0.25, 0.3) is 0 Å². The first-order valence-electron chi connectivity index (χ1n) is 10.2. The Balaban J connectivity index is 1.38. The van der Waals surface area contributed by atoms with Crippen molar-refractivity contribution in [1.29, 1.82) is 0 Å². The van der Waals surface area contributed by atoms with Crippen LogP contribution >= 0.6 is 11.3 Å². The summed E-state index contributed by atoms with van der Waals surface area (Å²) >= 11 is 1.80. The molecule has 1 aliphatic heterocycles. The molecule has 0 radical (unpaired) electrons. The molecule has 6 heteroatoms. The summed E-state index contributed by atoms with van der Waals surface area (Å²) in [6.07, 6.45) is 3.52. The lowest BCUT2D eigenvalue weighted by Gasteiger charge is -2.27. The van der Waals surface area contributed by atoms with Gasteiger partial charge in [-0.3, -0.25) is 9.79 Å². The van der Waals surface area contributed by atoms with Gasteiger partial charge in [0.1, 0.15) is 0 Å². The molecule has 0 saturated heterocycles. The van der Waals surface area contributed by atoms with Crippen LogP contribution in [0.2, 0.25) is 0 Å². The highest BCUT2D eigenvalue weighted by Gasteiger charge is 2.20. The number of carbonyl (C=O) groups is 1. The Morgan fingerprint density at radius 2 is 2.07 bits per heavy atom. The number of aliphatic imine (C=N–C) groups is 1. The van der Waals surface area contributed by atoms with Crippen molar-refractivity contribution in [1.82, 2.24) is 15.5 Å². The van der Waals surface area contributed by atoms with E-state index in [1.165, 1.54) is 16.0 Å². The van der Waals surface area contributed by atoms with Crippen molar-refractivity contribution in [2.45, 2.75) is 39.2 Å². The lowest BCUT2D eigenvalue weighted by atomic mass is 10.1. The van der Waals surface area contributed by atoms with Crippen molar-refractivity contribution in [2.75, 3.05) is 26.2 Å². The van der Waals surface area contributed by atoms with Crippen LogP contribution in [0.4, 0.5) is 0 Å². The maximum Gasteiger partial charge on any atom is 0.224 e. The molecule has 2 aromatic rings. The summed E-state index contributed by atoms with van der Waals surface area (Å²) in [5.41, 5.74) is 2.66. The SMILES string of the molecule is CCNC(=NCCCc1ccccc1)NCCC(=O)N1CCc2sccc2C1. The Kier molecular flexibility index (Phi) is 7.91. The highest BCUT2D eigenvalue weighted by Crippen LogP contribution is 2.24. The van der Waals surface area contributed by atoms with Gasteiger partial charge in [-0.15, -0.1) is 11.3 Å². The average molecular weight is 399 g/mol. The number of aryl methyl sites for hydroxylation is 1. The van der Waals surface area contributed by atoms with Gasteiger partial charge in [0.15, 0.2) is 5.96 Å². The van der Waals surface area contributed by atoms with Crippen molar-refractivity contribution < 1.29 is 4.79 Å². The van der Waals surface area contributed by atoms with E-state index >= 15 is 0 Å². The van der Waals surface area contributed by atoms with Gasteiger partial charge in [0, 0.05) is 44.0 Å². The molecule has 0 saturated carbocycles. The molecule has 0 spiro atoms. The Bertz CT molecular complexity index is 772. The predicted molar refractivity (Wildman–Crippen MR) is 117 cm³/mol. The number of nitrogens with one attached hydrogen (secondary N) is 2. The van der Waals surface area contributed by atoms with Gasteiger partial charge in [-0.2, -0.15) is 0 Å². The third-order valence-corrected chi connectivity index (χ3v) is 5.90. The van der Waals surface area contributed by atoms with Gasteiger partial charge in [-0.1, -0.05) is 30.3 Å². The summed E-state index contributed by atoms with van der Waals surface area (Å²) in [7, 11) is 0. The van der Waals surface area contributed by atoms with Gasteiger partial charge in [0.05, 0.1) is 0 Å². The van der Waals surface area contributed by atoms with E-state index in [1.807, 2.05) is 11.0 Å². The molecular weight excluding hydrogens is 368 g/mol. The maximum absolute atomic E-state index is 12.5. The number of benzene rings is 1. The molecule has 0 fully saturated rings. The van der Waals surface area contributed by atoms with E-state index in [4.69, 9.17) is 0 Å². The van der Waals surface area contributed by atoms with E-state index in [0.29, 0.717) is 13.0 Å². The van der Waals surface area contributed by atoms with E-state index in [1.54, 1.807) is 11.3 Å².